The summed E-state index contributed by atoms with van der Waals surface area (Å²) in [5.41, 5.74) is 3.09. The highest BCUT2D eigenvalue weighted by atomic mass is 16.5. The van der Waals surface area contributed by atoms with Crippen LogP contribution in [0.5, 0.6) is 5.75 Å². The summed E-state index contributed by atoms with van der Waals surface area (Å²) >= 11 is 0. The van der Waals surface area contributed by atoms with Crippen molar-refractivity contribution < 1.29 is 23.5 Å². The highest BCUT2D eigenvalue weighted by Crippen LogP contribution is 2.58. The first-order valence-corrected chi connectivity index (χ1v) is 13.2. The number of carbonyl (C=O) groups excluding carboxylic acids is 3. The van der Waals surface area contributed by atoms with Gasteiger partial charge in [0.15, 0.2) is 11.5 Å². The van der Waals surface area contributed by atoms with E-state index in [2.05, 4.69) is 5.32 Å². The van der Waals surface area contributed by atoms with Gasteiger partial charge >= 0.3 is 0 Å². The number of anilines is 2. The van der Waals surface area contributed by atoms with Crippen molar-refractivity contribution in [3.8, 4) is 5.75 Å². The van der Waals surface area contributed by atoms with Crippen molar-refractivity contribution in [2.45, 2.75) is 24.4 Å². The molecule has 1 amide bonds. The van der Waals surface area contributed by atoms with E-state index in [0.29, 0.717) is 22.6 Å². The van der Waals surface area contributed by atoms with Gasteiger partial charge in [-0.05, 0) is 54.5 Å². The van der Waals surface area contributed by atoms with Gasteiger partial charge in [0.25, 0.3) is 0 Å². The Hall–Kier alpha value is -4.91. The molecule has 1 fully saturated rings. The van der Waals surface area contributed by atoms with Crippen molar-refractivity contribution in [3.63, 3.8) is 0 Å². The van der Waals surface area contributed by atoms with E-state index < -0.39 is 29.2 Å². The van der Waals surface area contributed by atoms with Crippen LogP contribution in [0, 0.1) is 5.92 Å². The summed E-state index contributed by atoms with van der Waals surface area (Å²) in [5, 5.41) is 3.04. The Labute approximate surface area is 231 Å². The number of allylic oxidation sites excluding steroid dienone is 1. The molecule has 3 aliphatic rings. The molecule has 1 saturated heterocycles. The maximum atomic E-state index is 14.7. The lowest BCUT2D eigenvalue weighted by Gasteiger charge is -2.39. The number of nitrogens with zero attached hydrogens (tertiary/aromatic N) is 1. The maximum absolute atomic E-state index is 14.7. The van der Waals surface area contributed by atoms with Crippen molar-refractivity contribution in [1.82, 2.24) is 0 Å². The van der Waals surface area contributed by atoms with Gasteiger partial charge in [0, 0.05) is 22.5 Å². The number of fused-ring (bicyclic) bond motifs is 6. The van der Waals surface area contributed by atoms with E-state index in [4.69, 9.17) is 9.15 Å². The predicted molar refractivity (Wildman–Crippen MR) is 151 cm³/mol. The van der Waals surface area contributed by atoms with Crippen LogP contribution in [0.15, 0.2) is 102 Å². The molecule has 7 rings (SSSR count). The van der Waals surface area contributed by atoms with Crippen molar-refractivity contribution in [3.05, 3.63) is 120 Å². The van der Waals surface area contributed by atoms with Gasteiger partial charge in [0.1, 0.15) is 17.2 Å². The summed E-state index contributed by atoms with van der Waals surface area (Å²) in [6.45, 7) is 2.00. The van der Waals surface area contributed by atoms with Crippen LogP contribution in [0.25, 0.3) is 5.57 Å². The average molecular weight is 531 g/mol. The van der Waals surface area contributed by atoms with Gasteiger partial charge < -0.3 is 19.4 Å². The van der Waals surface area contributed by atoms with Gasteiger partial charge in [0.05, 0.1) is 25.3 Å². The molecule has 40 heavy (non-hydrogen) atoms. The Kier molecular flexibility index (Phi) is 5.32. The van der Waals surface area contributed by atoms with Gasteiger partial charge in [-0.15, -0.1) is 0 Å². The molecule has 0 radical (unpaired) electrons. The number of Topliss-reactive ketones (excluding diaryl/α,β-unsaturated/α-hetero) is 2. The van der Waals surface area contributed by atoms with Gasteiger partial charge in [0.2, 0.25) is 11.7 Å². The molecule has 1 aromatic heterocycles. The number of methoxy groups -OCH3 is 1. The van der Waals surface area contributed by atoms with Crippen molar-refractivity contribution in [2.24, 2.45) is 5.92 Å². The van der Waals surface area contributed by atoms with Crippen LogP contribution in [0.2, 0.25) is 0 Å². The molecule has 0 aliphatic carbocycles. The minimum Gasteiger partial charge on any atom is -0.497 e. The van der Waals surface area contributed by atoms with Gasteiger partial charge in [-0.25, -0.2) is 0 Å². The van der Waals surface area contributed by atoms with E-state index in [9.17, 15) is 14.4 Å². The highest BCUT2D eigenvalue weighted by molar-refractivity contribution is 6.18. The first-order valence-electron chi connectivity index (χ1n) is 13.2. The lowest BCUT2D eigenvalue weighted by atomic mass is 9.64. The molecule has 0 saturated carbocycles. The summed E-state index contributed by atoms with van der Waals surface area (Å²) in [4.78, 5) is 45.5. The third-order valence-corrected chi connectivity index (χ3v) is 8.55. The Bertz CT molecular complexity index is 1720. The highest BCUT2D eigenvalue weighted by Gasteiger charge is 2.70. The fourth-order valence-electron chi connectivity index (χ4n) is 6.91. The van der Waals surface area contributed by atoms with E-state index in [1.807, 2.05) is 66.4 Å². The largest absolute Gasteiger partial charge is 0.497 e. The number of hydrogen-bond donors (Lipinski definition) is 1. The van der Waals surface area contributed by atoms with Crippen LogP contribution < -0.4 is 15.0 Å². The Balaban J connectivity index is 1.55. The molecule has 4 aromatic rings. The molecule has 7 heteroatoms. The van der Waals surface area contributed by atoms with E-state index >= 15 is 0 Å². The maximum Gasteiger partial charge on any atom is 0.238 e. The lowest BCUT2D eigenvalue weighted by Crippen LogP contribution is -2.51. The third kappa shape index (κ3) is 3.14. The summed E-state index contributed by atoms with van der Waals surface area (Å²) in [6.07, 6.45) is 3.47. The van der Waals surface area contributed by atoms with Crippen LogP contribution in [0.4, 0.5) is 11.4 Å². The van der Waals surface area contributed by atoms with Crippen molar-refractivity contribution in [1.29, 1.82) is 0 Å². The third-order valence-electron chi connectivity index (χ3n) is 8.55. The molecular formula is C33H26N2O5. The molecule has 0 unspecified atom stereocenters. The lowest BCUT2D eigenvalue weighted by molar-refractivity contribution is -0.121. The molecule has 198 valence electrons. The first kappa shape index (κ1) is 24.2. The second-order valence-electron chi connectivity index (χ2n) is 10.4. The monoisotopic (exact) mass is 530 g/mol. The second kappa shape index (κ2) is 8.81. The number of rotatable bonds is 5. The second-order valence-corrected chi connectivity index (χ2v) is 10.4. The number of nitrogens with one attached hydrogen (secondary N) is 1. The van der Waals surface area contributed by atoms with Crippen LogP contribution >= 0.6 is 0 Å². The smallest absolute Gasteiger partial charge is 0.238 e. The first-order chi connectivity index (χ1) is 19.5. The number of ketones is 2. The molecule has 1 spiro atoms. The van der Waals surface area contributed by atoms with Gasteiger partial charge in [-0.3, -0.25) is 14.4 Å². The van der Waals surface area contributed by atoms with Crippen LogP contribution in [-0.2, 0) is 10.2 Å². The van der Waals surface area contributed by atoms with Gasteiger partial charge in [-0.1, -0.05) is 54.6 Å². The van der Waals surface area contributed by atoms with E-state index in [1.54, 1.807) is 43.5 Å². The SMILES string of the molecule is COc1cccc(C(=O)[C@@H]2[C@H](C(=O)c3ccco3)[C@@]3(C(=O)Nc4ccccc43)[C@H]3C=C(C)c4ccccc4N23)c1. The fourth-order valence-corrected chi connectivity index (χ4v) is 6.91. The molecule has 4 heterocycles. The summed E-state index contributed by atoms with van der Waals surface area (Å²) in [7, 11) is 1.54. The number of furan rings is 1. The quantitative estimate of drug-likeness (QED) is 0.341. The van der Waals surface area contributed by atoms with E-state index in [1.165, 1.54) is 6.26 Å². The number of para-hydroxylation sites is 2. The molecule has 3 aliphatic heterocycles. The topological polar surface area (TPSA) is 88.9 Å². The van der Waals surface area contributed by atoms with Gasteiger partial charge in [-0.2, -0.15) is 0 Å². The Morgan fingerprint density at radius 1 is 0.950 bits per heavy atom. The number of benzene rings is 3. The van der Waals surface area contributed by atoms with Crippen LogP contribution in [0.3, 0.4) is 0 Å². The average Bonchev–Trinajstić information content (AvgIpc) is 3.70. The normalized spacial score (nSPS) is 24.1. The zero-order chi connectivity index (χ0) is 27.6. The Morgan fingerprint density at radius 2 is 1.75 bits per heavy atom. The summed E-state index contributed by atoms with van der Waals surface area (Å²) in [6, 6.07) is 23.8. The molecule has 4 atom stereocenters. The standard InChI is InChI=1S/C33H26N2O5/c1-19-17-27-33(23-12-4-5-13-24(23)34-32(33)38)28(31(37)26-15-8-16-40-26)29(35(27)25-14-6-3-11-22(19)25)30(36)20-9-7-10-21(18-20)39-2/h3-18,27-29H,1-2H3,(H,34,38)/t27-,28-,29+,33+/m1/s1. The Morgan fingerprint density at radius 3 is 2.55 bits per heavy atom. The number of carbonyl (C=O) groups is 3. The number of amides is 1. The van der Waals surface area contributed by atoms with Crippen molar-refractivity contribution in [2.75, 3.05) is 17.3 Å². The molecule has 3 aromatic carbocycles. The minimum atomic E-state index is -1.38. The molecule has 7 nitrogen and oxygen atoms in total. The van der Waals surface area contributed by atoms with E-state index in [-0.39, 0.29) is 17.5 Å². The zero-order valence-corrected chi connectivity index (χ0v) is 22.0. The molecule has 0 bridgehead atoms. The fraction of sp³-hybridized carbons (Fsp3) is 0.182. The number of ether oxygens (including phenoxy) is 1. The summed E-state index contributed by atoms with van der Waals surface area (Å²) in [5.74, 6) is -1.41. The minimum absolute atomic E-state index is 0.110. The number of hydrogen-bond acceptors (Lipinski definition) is 6. The van der Waals surface area contributed by atoms with Crippen LogP contribution in [-0.4, -0.2) is 36.7 Å². The molecular weight excluding hydrogens is 504 g/mol. The van der Waals surface area contributed by atoms with Crippen molar-refractivity contribution >= 4 is 34.4 Å². The molecule has 1 N–H and O–H groups in total. The van der Waals surface area contributed by atoms with Crippen LogP contribution in [0.1, 0.15) is 39.0 Å². The predicted octanol–water partition coefficient (Wildman–Crippen LogP) is 5.53. The van der Waals surface area contributed by atoms with E-state index in [0.717, 1.165) is 16.8 Å². The zero-order valence-electron chi connectivity index (χ0n) is 22.0. The summed E-state index contributed by atoms with van der Waals surface area (Å²) < 4.78 is 11.0.